The molecule has 0 unspecified atom stereocenters. The number of rotatable bonds is 6. The summed E-state index contributed by atoms with van der Waals surface area (Å²) in [4.78, 5) is 11.8. The third-order valence-electron chi connectivity index (χ3n) is 3.21. The number of nitrogen functional groups attached to an aromatic ring is 1. The number of benzene rings is 1. The molecule has 1 aromatic rings. The zero-order valence-corrected chi connectivity index (χ0v) is 11.4. The monoisotopic (exact) mass is 302 g/mol. The van der Waals surface area contributed by atoms with Crippen molar-refractivity contribution in [1.82, 2.24) is 5.32 Å². The summed E-state index contributed by atoms with van der Waals surface area (Å²) < 4.78 is 43.1. The first-order valence-corrected chi connectivity index (χ1v) is 6.70. The minimum absolute atomic E-state index is 0.0133. The number of hydrogen-bond donors (Lipinski definition) is 2. The Hall–Kier alpha value is -1.76. The molecule has 0 saturated heterocycles. The Morgan fingerprint density at radius 2 is 2.10 bits per heavy atom. The standard InChI is InChI=1S/C14H17F3N2O2/c15-14(16,17)10-3-4-12(18)11(7-10)13(20)19-5-6-21-8-9-1-2-9/h3-4,7,9H,1-2,5-6,8,18H2,(H,19,20). The highest BCUT2D eigenvalue weighted by atomic mass is 19.4. The Morgan fingerprint density at radius 3 is 2.71 bits per heavy atom. The maximum Gasteiger partial charge on any atom is 0.416 e. The molecule has 7 heteroatoms. The first kappa shape index (κ1) is 15.6. The van der Waals surface area contributed by atoms with Crippen LogP contribution < -0.4 is 11.1 Å². The van der Waals surface area contributed by atoms with Gasteiger partial charge in [0.15, 0.2) is 0 Å². The largest absolute Gasteiger partial charge is 0.416 e. The first-order valence-electron chi connectivity index (χ1n) is 6.70. The Kier molecular flexibility index (Phi) is 4.72. The molecule has 1 amide bonds. The van der Waals surface area contributed by atoms with E-state index in [0.29, 0.717) is 19.1 Å². The lowest BCUT2D eigenvalue weighted by atomic mass is 10.1. The van der Waals surface area contributed by atoms with Gasteiger partial charge in [0.25, 0.3) is 5.91 Å². The Morgan fingerprint density at radius 1 is 1.38 bits per heavy atom. The molecule has 1 fully saturated rings. The van der Waals surface area contributed by atoms with Crippen LogP contribution in [0.2, 0.25) is 0 Å². The van der Waals surface area contributed by atoms with E-state index in [-0.39, 0.29) is 17.8 Å². The Balaban J connectivity index is 1.88. The lowest BCUT2D eigenvalue weighted by molar-refractivity contribution is -0.137. The van der Waals surface area contributed by atoms with Gasteiger partial charge < -0.3 is 15.8 Å². The van der Waals surface area contributed by atoms with Crippen LogP contribution in [-0.4, -0.2) is 25.7 Å². The van der Waals surface area contributed by atoms with Gasteiger partial charge in [0.2, 0.25) is 0 Å². The molecule has 116 valence electrons. The van der Waals surface area contributed by atoms with Crippen molar-refractivity contribution in [2.45, 2.75) is 19.0 Å². The Bertz CT molecular complexity index is 513. The third-order valence-corrected chi connectivity index (χ3v) is 3.21. The van der Waals surface area contributed by atoms with E-state index in [4.69, 9.17) is 10.5 Å². The van der Waals surface area contributed by atoms with Crippen LogP contribution in [0.5, 0.6) is 0 Å². The molecule has 0 spiro atoms. The van der Waals surface area contributed by atoms with Crippen LogP contribution >= 0.6 is 0 Å². The zero-order valence-electron chi connectivity index (χ0n) is 11.4. The van der Waals surface area contributed by atoms with Crippen molar-refractivity contribution in [2.24, 2.45) is 5.92 Å². The fraction of sp³-hybridized carbons (Fsp3) is 0.500. The number of anilines is 1. The molecular weight excluding hydrogens is 285 g/mol. The molecule has 1 aromatic carbocycles. The highest BCUT2D eigenvalue weighted by Crippen LogP contribution is 2.31. The zero-order chi connectivity index (χ0) is 15.5. The molecule has 2 rings (SSSR count). The molecule has 0 bridgehead atoms. The second-order valence-corrected chi connectivity index (χ2v) is 5.07. The van der Waals surface area contributed by atoms with E-state index >= 15 is 0 Å². The van der Waals surface area contributed by atoms with E-state index in [1.807, 2.05) is 0 Å². The fourth-order valence-electron chi connectivity index (χ4n) is 1.80. The predicted molar refractivity (Wildman–Crippen MR) is 71.7 cm³/mol. The summed E-state index contributed by atoms with van der Waals surface area (Å²) in [5.74, 6) is -0.00608. The molecule has 0 heterocycles. The summed E-state index contributed by atoms with van der Waals surface area (Å²) in [6.45, 7) is 1.24. The summed E-state index contributed by atoms with van der Waals surface area (Å²) in [7, 11) is 0. The Labute approximate surface area is 120 Å². The second kappa shape index (κ2) is 6.34. The van der Waals surface area contributed by atoms with Crippen LogP contribution in [0.4, 0.5) is 18.9 Å². The van der Waals surface area contributed by atoms with E-state index in [1.54, 1.807) is 0 Å². The van der Waals surface area contributed by atoms with Crippen LogP contribution in [0.25, 0.3) is 0 Å². The van der Waals surface area contributed by atoms with Gasteiger partial charge >= 0.3 is 6.18 Å². The number of alkyl halides is 3. The number of halogens is 3. The third kappa shape index (κ3) is 4.63. The van der Waals surface area contributed by atoms with Gasteiger partial charge in [0, 0.05) is 18.8 Å². The molecule has 4 nitrogen and oxygen atoms in total. The molecule has 0 aromatic heterocycles. The van der Waals surface area contributed by atoms with Gasteiger partial charge in [-0.25, -0.2) is 0 Å². The van der Waals surface area contributed by atoms with Crippen LogP contribution in [0.15, 0.2) is 18.2 Å². The quantitative estimate of drug-likeness (QED) is 0.626. The normalized spacial score (nSPS) is 15.0. The van der Waals surface area contributed by atoms with Crippen LogP contribution in [-0.2, 0) is 10.9 Å². The maximum atomic E-state index is 12.6. The molecule has 1 aliphatic carbocycles. The van der Waals surface area contributed by atoms with Crippen molar-refractivity contribution in [2.75, 3.05) is 25.5 Å². The van der Waals surface area contributed by atoms with Crippen molar-refractivity contribution >= 4 is 11.6 Å². The van der Waals surface area contributed by atoms with E-state index < -0.39 is 17.6 Å². The number of carbonyl (C=O) groups is 1. The highest BCUT2D eigenvalue weighted by molar-refractivity contribution is 5.99. The van der Waals surface area contributed by atoms with Gasteiger partial charge in [-0.2, -0.15) is 13.2 Å². The van der Waals surface area contributed by atoms with Crippen LogP contribution in [0.1, 0.15) is 28.8 Å². The van der Waals surface area contributed by atoms with Gasteiger partial charge in [-0.05, 0) is 37.0 Å². The average molecular weight is 302 g/mol. The van der Waals surface area contributed by atoms with Crippen LogP contribution in [0.3, 0.4) is 0 Å². The number of ether oxygens (including phenoxy) is 1. The van der Waals surface area contributed by atoms with Crippen LogP contribution in [0, 0.1) is 5.92 Å². The number of nitrogens with one attached hydrogen (secondary N) is 1. The van der Waals surface area contributed by atoms with Gasteiger partial charge in [0.1, 0.15) is 0 Å². The first-order chi connectivity index (χ1) is 9.88. The number of amides is 1. The van der Waals surface area contributed by atoms with Crippen molar-refractivity contribution in [1.29, 1.82) is 0 Å². The van der Waals surface area contributed by atoms with E-state index in [1.165, 1.54) is 12.8 Å². The molecule has 1 aliphatic rings. The van der Waals surface area contributed by atoms with E-state index in [2.05, 4.69) is 5.32 Å². The molecule has 0 aliphatic heterocycles. The summed E-state index contributed by atoms with van der Waals surface area (Å²) in [5, 5.41) is 2.50. The SMILES string of the molecule is Nc1ccc(C(F)(F)F)cc1C(=O)NCCOCC1CC1. The average Bonchev–Trinajstić information content (AvgIpc) is 3.21. The predicted octanol–water partition coefficient (Wildman–Crippen LogP) is 2.44. The smallest absolute Gasteiger partial charge is 0.398 e. The van der Waals surface area contributed by atoms with E-state index in [0.717, 1.165) is 18.2 Å². The van der Waals surface area contributed by atoms with Crippen molar-refractivity contribution in [3.8, 4) is 0 Å². The molecule has 1 saturated carbocycles. The van der Waals surface area contributed by atoms with Crippen molar-refractivity contribution in [3.05, 3.63) is 29.3 Å². The lowest BCUT2D eigenvalue weighted by Gasteiger charge is -2.11. The fourth-order valence-corrected chi connectivity index (χ4v) is 1.80. The number of hydrogen-bond acceptors (Lipinski definition) is 3. The minimum Gasteiger partial charge on any atom is -0.398 e. The topological polar surface area (TPSA) is 64.4 Å². The molecule has 0 radical (unpaired) electrons. The molecule has 0 atom stereocenters. The maximum absolute atomic E-state index is 12.6. The van der Waals surface area contributed by atoms with E-state index in [9.17, 15) is 18.0 Å². The number of nitrogens with two attached hydrogens (primary N) is 1. The summed E-state index contributed by atoms with van der Waals surface area (Å²) >= 11 is 0. The number of carbonyl (C=O) groups excluding carboxylic acids is 1. The summed E-state index contributed by atoms with van der Waals surface area (Å²) in [6.07, 6.45) is -2.16. The highest BCUT2D eigenvalue weighted by Gasteiger charge is 2.31. The van der Waals surface area contributed by atoms with Gasteiger partial charge in [-0.3, -0.25) is 4.79 Å². The van der Waals surface area contributed by atoms with Crippen molar-refractivity contribution in [3.63, 3.8) is 0 Å². The molecule has 21 heavy (non-hydrogen) atoms. The minimum atomic E-state index is -4.50. The van der Waals surface area contributed by atoms with Gasteiger partial charge in [-0.15, -0.1) is 0 Å². The van der Waals surface area contributed by atoms with Crippen molar-refractivity contribution < 1.29 is 22.7 Å². The summed E-state index contributed by atoms with van der Waals surface area (Å²) in [5.41, 5.74) is 4.50. The lowest BCUT2D eigenvalue weighted by Crippen LogP contribution is -2.28. The molecular formula is C14H17F3N2O2. The van der Waals surface area contributed by atoms with Gasteiger partial charge in [0.05, 0.1) is 17.7 Å². The van der Waals surface area contributed by atoms with Gasteiger partial charge in [-0.1, -0.05) is 0 Å². The second-order valence-electron chi connectivity index (χ2n) is 5.07. The summed E-state index contributed by atoms with van der Waals surface area (Å²) in [6, 6.07) is 2.70. The molecule has 3 N–H and O–H groups in total.